The lowest BCUT2D eigenvalue weighted by atomic mass is 10.1. The fraction of sp³-hybridized carbons (Fsp3) is 0.111. The summed E-state index contributed by atoms with van der Waals surface area (Å²) in [4.78, 5) is 0. The van der Waals surface area contributed by atoms with E-state index in [-0.39, 0.29) is 5.69 Å². The van der Waals surface area contributed by atoms with E-state index in [0.717, 1.165) is 5.56 Å². The van der Waals surface area contributed by atoms with E-state index in [0.29, 0.717) is 6.42 Å². The van der Waals surface area contributed by atoms with Crippen LogP contribution in [-0.2, 0) is 6.42 Å². The number of aromatic nitrogens is 2. The van der Waals surface area contributed by atoms with Crippen molar-refractivity contribution >= 4 is 0 Å². The van der Waals surface area contributed by atoms with Gasteiger partial charge in [-0.1, -0.05) is 30.3 Å². The van der Waals surface area contributed by atoms with Crippen molar-refractivity contribution in [3.8, 4) is 0 Å². The Labute approximate surface area is 74.2 Å². The highest BCUT2D eigenvalue weighted by atomic mass is 19.1. The molecule has 0 fully saturated rings. The van der Waals surface area contributed by atoms with E-state index in [1.807, 2.05) is 30.3 Å². The van der Waals surface area contributed by atoms with Crippen LogP contribution in [-0.4, -0.2) is 10.4 Å². The standard InChI is InChI=1S/C9H7FN2O/c10-9-8(11-12-13-9)6-7-4-2-1-3-5-7/h1-5H,6H2. The minimum absolute atomic E-state index is 0.242. The Bertz CT molecular complexity index is 386. The van der Waals surface area contributed by atoms with E-state index in [9.17, 15) is 4.39 Å². The van der Waals surface area contributed by atoms with Gasteiger partial charge in [0.05, 0.1) is 0 Å². The van der Waals surface area contributed by atoms with Crippen LogP contribution in [0.4, 0.5) is 4.39 Å². The molecular formula is C9H7FN2O. The maximum atomic E-state index is 12.7. The summed E-state index contributed by atoms with van der Waals surface area (Å²) in [7, 11) is 0. The highest BCUT2D eigenvalue weighted by molar-refractivity contribution is 5.19. The molecule has 13 heavy (non-hydrogen) atoms. The number of halogens is 1. The molecule has 4 heteroatoms. The van der Waals surface area contributed by atoms with Gasteiger partial charge < -0.3 is 4.52 Å². The molecule has 0 saturated carbocycles. The lowest BCUT2D eigenvalue weighted by Crippen LogP contribution is -1.90. The molecule has 2 aromatic rings. The van der Waals surface area contributed by atoms with Crippen LogP contribution in [0.2, 0.25) is 0 Å². The molecule has 0 atom stereocenters. The van der Waals surface area contributed by atoms with Crippen LogP contribution in [0.3, 0.4) is 0 Å². The second-order valence-electron chi connectivity index (χ2n) is 2.66. The van der Waals surface area contributed by atoms with Gasteiger partial charge in [-0.3, -0.25) is 0 Å². The molecular weight excluding hydrogens is 171 g/mol. The van der Waals surface area contributed by atoms with Gasteiger partial charge in [0.25, 0.3) is 0 Å². The zero-order valence-electron chi connectivity index (χ0n) is 6.77. The van der Waals surface area contributed by atoms with Crippen LogP contribution >= 0.6 is 0 Å². The molecule has 0 saturated heterocycles. The third-order valence-corrected chi connectivity index (χ3v) is 1.72. The second-order valence-corrected chi connectivity index (χ2v) is 2.66. The van der Waals surface area contributed by atoms with Gasteiger partial charge in [-0.15, -0.1) is 5.10 Å². The molecule has 0 bridgehead atoms. The van der Waals surface area contributed by atoms with Crippen molar-refractivity contribution in [3.05, 3.63) is 47.6 Å². The van der Waals surface area contributed by atoms with Gasteiger partial charge in [0, 0.05) is 11.7 Å². The zero-order chi connectivity index (χ0) is 9.10. The van der Waals surface area contributed by atoms with Crippen LogP contribution in [0.15, 0.2) is 34.9 Å². The Hall–Kier alpha value is -1.71. The maximum Gasteiger partial charge on any atom is 0.329 e. The summed E-state index contributed by atoms with van der Waals surface area (Å²) in [5, 5.41) is 6.64. The van der Waals surface area contributed by atoms with E-state index in [1.165, 1.54) is 0 Å². The first-order valence-electron chi connectivity index (χ1n) is 3.87. The SMILES string of the molecule is Fc1onnc1Cc1ccccc1. The van der Waals surface area contributed by atoms with E-state index in [1.54, 1.807) is 0 Å². The Morgan fingerprint density at radius 2 is 2.00 bits per heavy atom. The predicted octanol–water partition coefficient (Wildman–Crippen LogP) is 1.80. The van der Waals surface area contributed by atoms with Gasteiger partial charge in [0.1, 0.15) is 5.69 Å². The van der Waals surface area contributed by atoms with Crippen molar-refractivity contribution in [2.75, 3.05) is 0 Å². The largest absolute Gasteiger partial charge is 0.329 e. The number of rotatable bonds is 2. The number of nitrogens with zero attached hydrogens (tertiary/aromatic N) is 2. The topological polar surface area (TPSA) is 38.9 Å². The first kappa shape index (κ1) is 7.91. The van der Waals surface area contributed by atoms with Crippen LogP contribution in [0, 0.1) is 6.01 Å². The average Bonchev–Trinajstić information content (AvgIpc) is 2.54. The van der Waals surface area contributed by atoms with Crippen LogP contribution in [0.25, 0.3) is 0 Å². The summed E-state index contributed by atoms with van der Waals surface area (Å²) >= 11 is 0. The van der Waals surface area contributed by atoms with Crippen molar-refractivity contribution in [1.29, 1.82) is 0 Å². The lowest BCUT2D eigenvalue weighted by molar-refractivity contribution is 0.270. The zero-order valence-corrected chi connectivity index (χ0v) is 6.77. The van der Waals surface area contributed by atoms with E-state index < -0.39 is 6.01 Å². The number of hydrogen-bond donors (Lipinski definition) is 0. The van der Waals surface area contributed by atoms with Gasteiger partial charge in [-0.05, 0) is 5.56 Å². The van der Waals surface area contributed by atoms with Gasteiger partial charge in [0.15, 0.2) is 0 Å². The summed E-state index contributed by atoms with van der Waals surface area (Å²) in [5.41, 5.74) is 1.23. The molecule has 0 aliphatic heterocycles. The summed E-state index contributed by atoms with van der Waals surface area (Å²) in [6.07, 6.45) is 0.413. The quantitative estimate of drug-likeness (QED) is 0.703. The van der Waals surface area contributed by atoms with Crippen LogP contribution in [0.1, 0.15) is 11.3 Å². The Kier molecular flexibility index (Phi) is 2.04. The third-order valence-electron chi connectivity index (χ3n) is 1.72. The fourth-order valence-electron chi connectivity index (χ4n) is 1.09. The molecule has 1 aromatic carbocycles. The summed E-state index contributed by atoms with van der Waals surface area (Å²) < 4.78 is 17.0. The molecule has 0 radical (unpaired) electrons. The van der Waals surface area contributed by atoms with Crippen LogP contribution < -0.4 is 0 Å². The molecule has 0 aliphatic carbocycles. The Morgan fingerprint density at radius 1 is 1.23 bits per heavy atom. The Balaban J connectivity index is 2.20. The molecule has 2 rings (SSSR count). The molecule has 66 valence electrons. The highest BCUT2D eigenvalue weighted by Gasteiger charge is 2.08. The molecule has 0 aliphatic rings. The monoisotopic (exact) mass is 178 g/mol. The Morgan fingerprint density at radius 3 is 2.62 bits per heavy atom. The van der Waals surface area contributed by atoms with Crippen molar-refractivity contribution in [1.82, 2.24) is 10.4 Å². The summed E-state index contributed by atoms with van der Waals surface area (Å²) in [6, 6.07) is 8.77. The first-order valence-corrected chi connectivity index (χ1v) is 3.87. The number of benzene rings is 1. The lowest BCUT2D eigenvalue weighted by Gasteiger charge is -1.94. The van der Waals surface area contributed by atoms with Crippen molar-refractivity contribution < 1.29 is 8.91 Å². The maximum absolute atomic E-state index is 12.7. The first-order chi connectivity index (χ1) is 6.36. The normalized spacial score (nSPS) is 10.2. The van der Waals surface area contributed by atoms with Crippen molar-refractivity contribution in [2.24, 2.45) is 0 Å². The molecule has 0 spiro atoms. The summed E-state index contributed by atoms with van der Waals surface area (Å²) in [6.45, 7) is 0. The second kappa shape index (κ2) is 3.35. The van der Waals surface area contributed by atoms with Gasteiger partial charge in [-0.25, -0.2) is 0 Å². The minimum Gasteiger partial charge on any atom is -0.306 e. The molecule has 1 heterocycles. The third kappa shape index (κ3) is 1.72. The molecule has 3 nitrogen and oxygen atoms in total. The van der Waals surface area contributed by atoms with E-state index >= 15 is 0 Å². The average molecular weight is 178 g/mol. The minimum atomic E-state index is -0.705. The fourth-order valence-corrected chi connectivity index (χ4v) is 1.09. The van der Waals surface area contributed by atoms with Crippen molar-refractivity contribution in [3.63, 3.8) is 0 Å². The van der Waals surface area contributed by atoms with Crippen LogP contribution in [0.5, 0.6) is 0 Å². The van der Waals surface area contributed by atoms with Gasteiger partial charge in [-0.2, -0.15) is 4.39 Å². The van der Waals surface area contributed by atoms with Gasteiger partial charge in [0.2, 0.25) is 0 Å². The van der Waals surface area contributed by atoms with E-state index in [2.05, 4.69) is 14.9 Å². The molecule has 0 N–H and O–H groups in total. The summed E-state index contributed by atoms with van der Waals surface area (Å²) in [5.74, 6) is 0. The molecule has 0 amide bonds. The highest BCUT2D eigenvalue weighted by Crippen LogP contribution is 2.09. The molecule has 1 aromatic heterocycles. The van der Waals surface area contributed by atoms with E-state index in [4.69, 9.17) is 0 Å². The predicted molar refractivity (Wildman–Crippen MR) is 43.5 cm³/mol. The van der Waals surface area contributed by atoms with Gasteiger partial charge >= 0.3 is 6.01 Å². The number of hydrogen-bond acceptors (Lipinski definition) is 3. The smallest absolute Gasteiger partial charge is 0.306 e. The molecule has 0 unspecified atom stereocenters. The van der Waals surface area contributed by atoms with Crippen molar-refractivity contribution in [2.45, 2.75) is 6.42 Å².